The van der Waals surface area contributed by atoms with Crippen LogP contribution >= 0.6 is 0 Å². The van der Waals surface area contributed by atoms with Crippen molar-refractivity contribution in [2.24, 2.45) is 5.92 Å². The van der Waals surface area contributed by atoms with Gasteiger partial charge in [0.25, 0.3) is 5.91 Å². The van der Waals surface area contributed by atoms with Crippen molar-refractivity contribution in [1.82, 2.24) is 15.5 Å². The minimum Gasteiger partial charge on any atom is -0.493 e. The van der Waals surface area contributed by atoms with Crippen LogP contribution in [-0.4, -0.2) is 33.9 Å². The Hall–Kier alpha value is -3.12. The van der Waals surface area contributed by atoms with Crippen molar-refractivity contribution in [2.45, 2.75) is 31.4 Å². The second-order valence-corrected chi connectivity index (χ2v) is 7.83. The molecule has 1 amide bonds. The molecule has 6 heteroatoms. The van der Waals surface area contributed by atoms with Gasteiger partial charge in [0, 0.05) is 12.0 Å². The van der Waals surface area contributed by atoms with E-state index >= 15 is 0 Å². The maximum Gasteiger partial charge on any atom is 0.255 e. The van der Waals surface area contributed by atoms with E-state index in [1.165, 1.54) is 5.56 Å². The predicted octanol–water partition coefficient (Wildman–Crippen LogP) is 3.25. The van der Waals surface area contributed by atoms with Gasteiger partial charge in [0.2, 0.25) is 0 Å². The van der Waals surface area contributed by atoms with Gasteiger partial charge in [0.05, 0.1) is 36.2 Å². The molecule has 148 valence electrons. The first-order valence-corrected chi connectivity index (χ1v) is 10.0. The lowest BCUT2D eigenvalue weighted by Gasteiger charge is -2.38. The van der Waals surface area contributed by atoms with E-state index in [-0.39, 0.29) is 24.0 Å². The van der Waals surface area contributed by atoms with Crippen LogP contribution in [0.2, 0.25) is 0 Å². The first-order chi connectivity index (χ1) is 14.2. The molecule has 3 N–H and O–H groups in total. The number of carbonyl (C=O) groups is 1. The molecule has 0 radical (unpaired) electrons. The topological polar surface area (TPSA) is 87.2 Å². The second kappa shape index (κ2) is 7.37. The van der Waals surface area contributed by atoms with E-state index in [1.807, 2.05) is 42.5 Å². The number of hydrogen-bond donors (Lipinski definition) is 3. The summed E-state index contributed by atoms with van der Waals surface area (Å²) in [7, 11) is 0. The number of fused-ring (bicyclic) bond motifs is 1. The summed E-state index contributed by atoms with van der Waals surface area (Å²) >= 11 is 0. The number of nitrogens with one attached hydrogen (secondary N) is 2. The molecule has 3 aromatic rings. The van der Waals surface area contributed by atoms with Crippen molar-refractivity contribution < 1.29 is 14.6 Å². The number of aromatic nitrogens is 2. The molecule has 5 rings (SSSR count). The molecule has 1 unspecified atom stereocenters. The first kappa shape index (κ1) is 17.9. The van der Waals surface area contributed by atoms with Crippen molar-refractivity contribution >= 4 is 5.91 Å². The van der Waals surface area contributed by atoms with Crippen molar-refractivity contribution in [3.8, 4) is 17.0 Å². The lowest BCUT2D eigenvalue weighted by atomic mass is 9.74. The molecule has 2 aliphatic rings. The van der Waals surface area contributed by atoms with Gasteiger partial charge in [-0.2, -0.15) is 5.10 Å². The molecule has 2 aromatic carbocycles. The van der Waals surface area contributed by atoms with Crippen LogP contribution in [0.5, 0.6) is 5.75 Å². The van der Waals surface area contributed by atoms with Crippen molar-refractivity contribution in [1.29, 1.82) is 0 Å². The van der Waals surface area contributed by atoms with Gasteiger partial charge in [0.15, 0.2) is 0 Å². The van der Waals surface area contributed by atoms with Crippen LogP contribution in [-0.2, 0) is 6.42 Å². The average molecular weight is 389 g/mol. The average Bonchev–Trinajstić information content (AvgIpc) is 3.39. The van der Waals surface area contributed by atoms with Crippen LogP contribution in [0.25, 0.3) is 11.3 Å². The first-order valence-electron chi connectivity index (χ1n) is 10.0. The molecule has 29 heavy (non-hydrogen) atoms. The molecule has 0 bridgehead atoms. The zero-order valence-electron chi connectivity index (χ0n) is 16.0. The highest BCUT2D eigenvalue weighted by molar-refractivity contribution is 6.00. The highest BCUT2D eigenvalue weighted by Gasteiger charge is 2.36. The summed E-state index contributed by atoms with van der Waals surface area (Å²) in [6.45, 7) is 0.702. The summed E-state index contributed by atoms with van der Waals surface area (Å²) in [5, 5.41) is 20.1. The molecule has 6 nitrogen and oxygen atoms in total. The number of amides is 1. The Balaban J connectivity index is 1.43. The van der Waals surface area contributed by atoms with E-state index in [1.54, 1.807) is 6.20 Å². The van der Waals surface area contributed by atoms with E-state index in [0.717, 1.165) is 23.3 Å². The van der Waals surface area contributed by atoms with Gasteiger partial charge >= 0.3 is 0 Å². The molecule has 1 aliphatic carbocycles. The molecule has 1 saturated carbocycles. The van der Waals surface area contributed by atoms with Crippen LogP contribution in [0.3, 0.4) is 0 Å². The number of ether oxygens (including phenoxy) is 1. The number of benzene rings is 2. The number of hydrogen-bond acceptors (Lipinski definition) is 4. The Morgan fingerprint density at radius 1 is 1.21 bits per heavy atom. The number of rotatable bonds is 5. The third-order valence-corrected chi connectivity index (χ3v) is 5.93. The molecular weight excluding hydrogens is 366 g/mol. The maximum absolute atomic E-state index is 13.2. The number of carbonyl (C=O) groups excluding carboxylic acids is 1. The fourth-order valence-electron chi connectivity index (χ4n) is 4.28. The van der Waals surface area contributed by atoms with Crippen molar-refractivity contribution in [2.75, 3.05) is 6.61 Å². The molecule has 1 aliphatic heterocycles. The van der Waals surface area contributed by atoms with Gasteiger partial charge in [-0.1, -0.05) is 36.4 Å². The molecular formula is C23H23N3O3. The van der Waals surface area contributed by atoms with Crippen molar-refractivity contribution in [3.05, 3.63) is 71.4 Å². The smallest absolute Gasteiger partial charge is 0.255 e. The van der Waals surface area contributed by atoms with Crippen LogP contribution in [0.4, 0.5) is 0 Å². The normalized spacial score (nSPS) is 21.0. The molecule has 1 aromatic heterocycles. The number of H-pyrrole nitrogens is 1. The number of aliphatic hydroxyl groups is 1. The molecule has 1 atom stereocenters. The van der Waals surface area contributed by atoms with E-state index in [0.29, 0.717) is 30.7 Å². The van der Waals surface area contributed by atoms with E-state index < -0.39 is 0 Å². The monoisotopic (exact) mass is 389 g/mol. The van der Waals surface area contributed by atoms with E-state index in [2.05, 4.69) is 21.6 Å². The van der Waals surface area contributed by atoms with Gasteiger partial charge in [0.1, 0.15) is 5.75 Å². The SMILES string of the molecule is O=C(NC(c1ccc2c(c1)CCO2)C1CC(O)C1)c1cn[nH]c1-c1ccccc1. The largest absolute Gasteiger partial charge is 0.493 e. The lowest BCUT2D eigenvalue weighted by molar-refractivity contribution is 0.0235. The van der Waals surface area contributed by atoms with Gasteiger partial charge in [-0.15, -0.1) is 0 Å². The van der Waals surface area contributed by atoms with Gasteiger partial charge in [-0.25, -0.2) is 0 Å². The maximum atomic E-state index is 13.2. The summed E-state index contributed by atoms with van der Waals surface area (Å²) in [6.07, 6.45) is 3.55. The number of aliphatic hydroxyl groups excluding tert-OH is 1. The summed E-state index contributed by atoms with van der Waals surface area (Å²) < 4.78 is 5.62. The Morgan fingerprint density at radius 3 is 2.83 bits per heavy atom. The fraction of sp³-hybridized carbons (Fsp3) is 0.304. The summed E-state index contributed by atoms with van der Waals surface area (Å²) in [6, 6.07) is 15.7. The van der Waals surface area contributed by atoms with E-state index in [9.17, 15) is 9.90 Å². The third-order valence-electron chi connectivity index (χ3n) is 5.93. The number of nitrogens with zero attached hydrogens (tertiary/aromatic N) is 1. The molecule has 0 spiro atoms. The van der Waals surface area contributed by atoms with Crippen LogP contribution in [0, 0.1) is 5.92 Å². The Bertz CT molecular complexity index is 1020. The quantitative estimate of drug-likeness (QED) is 0.625. The summed E-state index contributed by atoms with van der Waals surface area (Å²) in [5.41, 5.74) is 4.38. The van der Waals surface area contributed by atoms with Gasteiger partial charge in [-0.3, -0.25) is 9.89 Å². The number of aromatic amines is 1. The van der Waals surface area contributed by atoms with Crippen LogP contribution in [0.15, 0.2) is 54.7 Å². The fourth-order valence-corrected chi connectivity index (χ4v) is 4.28. The Labute approximate surface area is 168 Å². The molecule has 1 fully saturated rings. The summed E-state index contributed by atoms with van der Waals surface area (Å²) in [4.78, 5) is 13.2. The molecule has 0 saturated heterocycles. The predicted molar refractivity (Wildman–Crippen MR) is 109 cm³/mol. The minimum absolute atomic E-state index is 0.157. The zero-order valence-corrected chi connectivity index (χ0v) is 16.0. The highest BCUT2D eigenvalue weighted by Crippen LogP contribution is 2.40. The van der Waals surface area contributed by atoms with Crippen molar-refractivity contribution in [3.63, 3.8) is 0 Å². The Kier molecular flexibility index (Phi) is 4.56. The van der Waals surface area contributed by atoms with Gasteiger partial charge < -0.3 is 15.2 Å². The standard InChI is InChI=1S/C23H23N3O3/c27-18-11-17(12-18)21(16-6-7-20-15(10-16)8-9-29-20)25-23(28)19-13-24-26-22(19)14-4-2-1-3-5-14/h1-7,10,13,17-18,21,27H,8-9,11-12H2,(H,24,26)(H,25,28). The van der Waals surface area contributed by atoms with Crippen LogP contribution < -0.4 is 10.1 Å². The third kappa shape index (κ3) is 3.40. The van der Waals surface area contributed by atoms with E-state index in [4.69, 9.17) is 4.74 Å². The minimum atomic E-state index is -0.286. The molecule has 2 heterocycles. The van der Waals surface area contributed by atoms with Gasteiger partial charge in [-0.05, 0) is 42.0 Å². The summed E-state index contributed by atoms with van der Waals surface area (Å²) in [5.74, 6) is 0.968. The highest BCUT2D eigenvalue weighted by atomic mass is 16.5. The van der Waals surface area contributed by atoms with Crippen LogP contribution in [0.1, 0.15) is 40.4 Å². The lowest BCUT2D eigenvalue weighted by Crippen LogP contribution is -2.41. The zero-order chi connectivity index (χ0) is 19.8. The Morgan fingerprint density at radius 2 is 2.03 bits per heavy atom. The second-order valence-electron chi connectivity index (χ2n) is 7.83.